The van der Waals surface area contributed by atoms with Gasteiger partial charge < -0.3 is 24.8 Å². The molecule has 4 aromatic rings. The average molecular weight is 634 g/mol. The van der Waals surface area contributed by atoms with Crippen molar-refractivity contribution in [2.75, 3.05) is 10.6 Å². The summed E-state index contributed by atoms with van der Waals surface area (Å²) in [6, 6.07) is 23.3. The predicted octanol–water partition coefficient (Wildman–Crippen LogP) is 8.90. The zero-order chi connectivity index (χ0) is 29.5. The summed E-state index contributed by atoms with van der Waals surface area (Å²) in [6.07, 6.45) is -1.60. The third-order valence-corrected chi connectivity index (χ3v) is 6.67. The molecule has 41 heavy (non-hydrogen) atoms. The van der Waals surface area contributed by atoms with Crippen LogP contribution in [0.1, 0.15) is 13.8 Å². The Morgan fingerprint density at radius 3 is 1.29 bits per heavy atom. The Hall–Kier alpha value is -3.62. The van der Waals surface area contributed by atoms with Crippen LogP contribution in [0.4, 0.5) is 11.4 Å². The molecule has 0 aliphatic heterocycles. The largest absolute Gasteiger partial charge is 0.479 e. The molecule has 11 heteroatoms. The Morgan fingerprint density at radius 2 is 0.951 bits per heavy atom. The summed E-state index contributed by atoms with van der Waals surface area (Å²) in [5, 5.41) is 7.15. The van der Waals surface area contributed by atoms with E-state index in [9.17, 15) is 9.59 Å². The Morgan fingerprint density at radius 1 is 0.585 bits per heavy atom. The molecule has 4 rings (SSSR count). The molecule has 0 saturated carbocycles. The van der Waals surface area contributed by atoms with Gasteiger partial charge in [-0.3, -0.25) is 9.59 Å². The third-order valence-electron chi connectivity index (χ3n) is 5.61. The minimum atomic E-state index is -0.798. The minimum Gasteiger partial charge on any atom is -0.479 e. The lowest BCUT2D eigenvalue weighted by Crippen LogP contribution is -2.30. The molecular weight excluding hydrogens is 610 g/mol. The molecule has 0 spiro atoms. The molecule has 0 bridgehead atoms. The van der Waals surface area contributed by atoms with Gasteiger partial charge in [0.1, 0.15) is 23.0 Å². The first kappa shape index (κ1) is 30.3. The molecule has 212 valence electrons. The van der Waals surface area contributed by atoms with Crippen molar-refractivity contribution in [2.24, 2.45) is 0 Å². The van der Waals surface area contributed by atoms with E-state index in [0.29, 0.717) is 54.5 Å². The summed E-state index contributed by atoms with van der Waals surface area (Å²) >= 11 is 24.0. The van der Waals surface area contributed by atoms with E-state index in [-0.39, 0.29) is 11.8 Å². The molecule has 4 aromatic carbocycles. The third kappa shape index (κ3) is 8.68. The summed E-state index contributed by atoms with van der Waals surface area (Å²) in [5.74, 6) is 1.13. The molecule has 0 aromatic heterocycles. The van der Waals surface area contributed by atoms with E-state index < -0.39 is 12.2 Å². The van der Waals surface area contributed by atoms with Gasteiger partial charge in [0.2, 0.25) is 0 Å². The molecular formula is C30H24Cl4N2O5. The highest BCUT2D eigenvalue weighted by Crippen LogP contribution is 2.30. The van der Waals surface area contributed by atoms with Gasteiger partial charge in [-0.25, -0.2) is 0 Å². The van der Waals surface area contributed by atoms with Gasteiger partial charge in [0.25, 0.3) is 11.8 Å². The predicted molar refractivity (Wildman–Crippen MR) is 163 cm³/mol. The van der Waals surface area contributed by atoms with Crippen LogP contribution in [0, 0.1) is 0 Å². The van der Waals surface area contributed by atoms with Crippen LogP contribution in [0.2, 0.25) is 20.1 Å². The Balaban J connectivity index is 1.27. The standard InChI is InChI=1S/C30H24Cl4N2O5/c1-17(39-27-13-3-19(31)15-25(27)33)29(37)35-21-5-9-23(10-6-21)41-24-11-7-22(8-12-24)36-30(38)18(2)40-28-14-4-20(32)16-26(28)34/h3-18H,1-2H3,(H,35,37)(H,36,38). The highest BCUT2D eigenvalue weighted by atomic mass is 35.5. The van der Waals surface area contributed by atoms with E-state index in [4.69, 9.17) is 60.6 Å². The number of hydrogen-bond acceptors (Lipinski definition) is 5. The van der Waals surface area contributed by atoms with Crippen molar-refractivity contribution in [2.45, 2.75) is 26.1 Å². The van der Waals surface area contributed by atoms with Crippen molar-refractivity contribution in [1.82, 2.24) is 0 Å². The second kappa shape index (κ2) is 13.8. The monoisotopic (exact) mass is 632 g/mol. The lowest BCUT2D eigenvalue weighted by molar-refractivity contribution is -0.122. The maximum absolute atomic E-state index is 12.6. The van der Waals surface area contributed by atoms with Crippen LogP contribution >= 0.6 is 46.4 Å². The maximum Gasteiger partial charge on any atom is 0.265 e. The molecule has 0 heterocycles. The molecule has 2 N–H and O–H groups in total. The van der Waals surface area contributed by atoms with Crippen LogP contribution in [0.15, 0.2) is 84.9 Å². The zero-order valence-electron chi connectivity index (χ0n) is 21.8. The van der Waals surface area contributed by atoms with Gasteiger partial charge in [0, 0.05) is 21.4 Å². The van der Waals surface area contributed by atoms with E-state index >= 15 is 0 Å². The van der Waals surface area contributed by atoms with Crippen LogP contribution in [0.5, 0.6) is 23.0 Å². The number of ether oxygens (including phenoxy) is 3. The lowest BCUT2D eigenvalue weighted by Gasteiger charge is -2.16. The highest BCUT2D eigenvalue weighted by molar-refractivity contribution is 6.36. The Kier molecular flexibility index (Phi) is 10.2. The first-order valence-corrected chi connectivity index (χ1v) is 13.8. The topological polar surface area (TPSA) is 85.9 Å². The number of rotatable bonds is 10. The normalized spacial score (nSPS) is 12.1. The first-order chi connectivity index (χ1) is 19.6. The van der Waals surface area contributed by atoms with Gasteiger partial charge in [-0.15, -0.1) is 0 Å². The fraction of sp³-hybridized carbons (Fsp3) is 0.133. The van der Waals surface area contributed by atoms with Crippen LogP contribution in [0.25, 0.3) is 0 Å². The lowest BCUT2D eigenvalue weighted by atomic mass is 10.2. The second-order valence-corrected chi connectivity index (χ2v) is 10.5. The van der Waals surface area contributed by atoms with E-state index in [1.807, 2.05) is 0 Å². The molecule has 0 aliphatic rings. The van der Waals surface area contributed by atoms with E-state index in [0.717, 1.165) is 0 Å². The summed E-state index contributed by atoms with van der Waals surface area (Å²) < 4.78 is 17.2. The SMILES string of the molecule is CC(Oc1ccc(Cl)cc1Cl)C(=O)Nc1ccc(Oc2ccc(NC(=O)C(C)Oc3ccc(Cl)cc3Cl)cc2)cc1. The van der Waals surface area contributed by atoms with Crippen molar-refractivity contribution >= 4 is 69.6 Å². The van der Waals surface area contributed by atoms with Crippen molar-refractivity contribution < 1.29 is 23.8 Å². The first-order valence-electron chi connectivity index (χ1n) is 12.3. The van der Waals surface area contributed by atoms with Crippen LogP contribution < -0.4 is 24.8 Å². The Labute approximate surface area is 257 Å². The summed E-state index contributed by atoms with van der Waals surface area (Å²) in [7, 11) is 0. The van der Waals surface area contributed by atoms with Gasteiger partial charge >= 0.3 is 0 Å². The minimum absolute atomic E-state index is 0.317. The Bertz CT molecular complexity index is 1420. The molecule has 2 atom stereocenters. The number of amides is 2. The van der Waals surface area contributed by atoms with Crippen molar-refractivity contribution in [3.05, 3.63) is 105 Å². The van der Waals surface area contributed by atoms with E-state index in [2.05, 4.69) is 10.6 Å². The fourth-order valence-electron chi connectivity index (χ4n) is 3.47. The highest BCUT2D eigenvalue weighted by Gasteiger charge is 2.18. The number of benzene rings is 4. The van der Waals surface area contributed by atoms with Crippen LogP contribution in [0.3, 0.4) is 0 Å². The zero-order valence-corrected chi connectivity index (χ0v) is 24.8. The number of carbonyl (C=O) groups excluding carboxylic acids is 2. The number of carbonyl (C=O) groups is 2. The summed E-state index contributed by atoms with van der Waals surface area (Å²) in [4.78, 5) is 25.1. The maximum atomic E-state index is 12.6. The average Bonchev–Trinajstić information content (AvgIpc) is 2.93. The van der Waals surface area contributed by atoms with E-state index in [1.54, 1.807) is 98.8 Å². The van der Waals surface area contributed by atoms with Gasteiger partial charge in [0.15, 0.2) is 12.2 Å². The smallest absolute Gasteiger partial charge is 0.265 e. The molecule has 0 radical (unpaired) electrons. The molecule has 0 fully saturated rings. The molecule has 7 nitrogen and oxygen atoms in total. The van der Waals surface area contributed by atoms with Crippen molar-refractivity contribution in [3.8, 4) is 23.0 Å². The summed E-state index contributed by atoms with van der Waals surface area (Å²) in [6.45, 7) is 3.24. The number of hydrogen-bond donors (Lipinski definition) is 2. The van der Waals surface area contributed by atoms with Gasteiger partial charge in [-0.1, -0.05) is 46.4 Å². The number of nitrogens with one attached hydrogen (secondary N) is 2. The van der Waals surface area contributed by atoms with E-state index in [1.165, 1.54) is 0 Å². The molecule has 2 unspecified atom stereocenters. The molecule has 0 saturated heterocycles. The molecule has 2 amide bonds. The van der Waals surface area contributed by atoms with Crippen LogP contribution in [-0.2, 0) is 9.59 Å². The van der Waals surface area contributed by atoms with Crippen molar-refractivity contribution in [1.29, 1.82) is 0 Å². The van der Waals surface area contributed by atoms with Gasteiger partial charge in [-0.2, -0.15) is 0 Å². The number of halogens is 4. The van der Waals surface area contributed by atoms with Gasteiger partial charge in [-0.05, 0) is 98.8 Å². The molecule has 0 aliphatic carbocycles. The quantitative estimate of drug-likeness (QED) is 0.182. The van der Waals surface area contributed by atoms with Gasteiger partial charge in [0.05, 0.1) is 10.0 Å². The van der Waals surface area contributed by atoms with Crippen LogP contribution in [-0.4, -0.2) is 24.0 Å². The number of anilines is 2. The summed E-state index contributed by atoms with van der Waals surface area (Å²) in [5.41, 5.74) is 1.13. The second-order valence-electron chi connectivity index (χ2n) is 8.80. The fourth-order valence-corrected chi connectivity index (χ4v) is 4.37. The van der Waals surface area contributed by atoms with Crippen molar-refractivity contribution in [3.63, 3.8) is 0 Å².